The van der Waals surface area contributed by atoms with Crippen molar-refractivity contribution in [1.82, 2.24) is 4.90 Å². The number of halogens is 1. The average molecular weight is 427 g/mol. The molecule has 0 aliphatic rings. The van der Waals surface area contributed by atoms with Gasteiger partial charge in [0, 0.05) is 37.6 Å². The number of nitro groups is 1. The minimum absolute atomic E-state index is 0.0885. The van der Waals surface area contributed by atoms with Crippen LogP contribution in [-0.4, -0.2) is 37.7 Å². The molecule has 2 rings (SSSR count). The van der Waals surface area contributed by atoms with Crippen molar-refractivity contribution in [2.75, 3.05) is 18.9 Å². The second-order valence-electron chi connectivity index (χ2n) is 6.04. The van der Waals surface area contributed by atoms with Crippen LogP contribution in [0.15, 0.2) is 47.4 Å². The molecular formula is C17H19ClN4O5S. The van der Waals surface area contributed by atoms with Crippen molar-refractivity contribution >= 4 is 38.9 Å². The van der Waals surface area contributed by atoms with Crippen LogP contribution in [0.25, 0.3) is 0 Å². The van der Waals surface area contributed by atoms with Crippen LogP contribution < -0.4 is 10.5 Å². The molecule has 0 fully saturated rings. The maximum Gasteiger partial charge on any atom is 0.293 e. The quantitative estimate of drug-likeness (QED) is 0.491. The maximum atomic E-state index is 12.3. The molecule has 0 atom stereocenters. The van der Waals surface area contributed by atoms with Gasteiger partial charge < -0.3 is 10.2 Å². The lowest BCUT2D eigenvalue weighted by Crippen LogP contribution is -2.27. The van der Waals surface area contributed by atoms with E-state index in [0.717, 1.165) is 17.7 Å². The molecule has 2 aromatic rings. The van der Waals surface area contributed by atoms with Crippen LogP contribution in [0, 0.1) is 10.1 Å². The summed E-state index contributed by atoms with van der Waals surface area (Å²) in [5.74, 6) is -0.170. The van der Waals surface area contributed by atoms with Gasteiger partial charge in [-0.2, -0.15) is 0 Å². The van der Waals surface area contributed by atoms with Crippen molar-refractivity contribution in [3.8, 4) is 0 Å². The van der Waals surface area contributed by atoms with Crippen LogP contribution in [0.1, 0.15) is 12.0 Å². The monoisotopic (exact) mass is 426 g/mol. The maximum absolute atomic E-state index is 12.3. The molecule has 9 nitrogen and oxygen atoms in total. The SMILES string of the molecule is CN(Cc1cccc(Cl)c1)C(=O)CCNc1ccc(S(N)(=O)=O)cc1[N+](=O)[O-]. The number of rotatable bonds is 8. The highest BCUT2D eigenvalue weighted by molar-refractivity contribution is 7.89. The second kappa shape index (κ2) is 9.00. The third-order valence-corrected chi connectivity index (χ3v) is 5.03. The highest BCUT2D eigenvalue weighted by Gasteiger charge is 2.19. The number of amides is 1. The Hall–Kier alpha value is -2.69. The Morgan fingerprint density at radius 2 is 2.00 bits per heavy atom. The first-order valence-corrected chi connectivity index (χ1v) is 10.0. The van der Waals surface area contributed by atoms with Gasteiger partial charge in [0.25, 0.3) is 5.69 Å². The summed E-state index contributed by atoms with van der Waals surface area (Å²) in [6, 6.07) is 10.4. The van der Waals surface area contributed by atoms with Gasteiger partial charge >= 0.3 is 0 Å². The Morgan fingerprint density at radius 1 is 1.29 bits per heavy atom. The van der Waals surface area contributed by atoms with E-state index in [2.05, 4.69) is 5.32 Å². The minimum Gasteiger partial charge on any atom is -0.379 e. The first-order chi connectivity index (χ1) is 13.1. The molecule has 28 heavy (non-hydrogen) atoms. The molecule has 3 N–H and O–H groups in total. The van der Waals surface area contributed by atoms with Crippen molar-refractivity contribution in [1.29, 1.82) is 0 Å². The molecule has 0 aliphatic heterocycles. The Kier molecular flexibility index (Phi) is 6.95. The highest BCUT2D eigenvalue weighted by Crippen LogP contribution is 2.27. The van der Waals surface area contributed by atoms with E-state index >= 15 is 0 Å². The zero-order chi connectivity index (χ0) is 20.9. The topological polar surface area (TPSA) is 136 Å². The average Bonchev–Trinajstić information content (AvgIpc) is 2.60. The zero-order valence-corrected chi connectivity index (χ0v) is 16.5. The van der Waals surface area contributed by atoms with Crippen molar-refractivity contribution in [3.63, 3.8) is 0 Å². The molecule has 0 unspecified atom stereocenters. The fourth-order valence-corrected chi connectivity index (χ4v) is 3.23. The van der Waals surface area contributed by atoms with Crippen molar-refractivity contribution < 1.29 is 18.1 Å². The Bertz CT molecular complexity index is 997. The van der Waals surface area contributed by atoms with E-state index in [0.29, 0.717) is 11.6 Å². The van der Waals surface area contributed by atoms with Gasteiger partial charge in [-0.25, -0.2) is 13.6 Å². The molecule has 150 valence electrons. The second-order valence-corrected chi connectivity index (χ2v) is 8.04. The third kappa shape index (κ3) is 5.91. The molecule has 0 radical (unpaired) electrons. The number of carbonyl (C=O) groups is 1. The highest BCUT2D eigenvalue weighted by atomic mass is 35.5. The van der Waals surface area contributed by atoms with Gasteiger partial charge in [-0.1, -0.05) is 23.7 Å². The number of sulfonamides is 1. The summed E-state index contributed by atoms with van der Waals surface area (Å²) in [4.78, 5) is 23.9. The lowest BCUT2D eigenvalue weighted by Gasteiger charge is -2.18. The van der Waals surface area contributed by atoms with Crippen LogP contribution in [0.3, 0.4) is 0 Å². The van der Waals surface area contributed by atoms with Gasteiger partial charge in [0.15, 0.2) is 0 Å². The van der Waals surface area contributed by atoms with E-state index in [1.54, 1.807) is 25.2 Å². The molecule has 0 aliphatic carbocycles. The first-order valence-electron chi connectivity index (χ1n) is 8.11. The van der Waals surface area contributed by atoms with E-state index in [1.807, 2.05) is 6.07 Å². The number of primary sulfonamides is 1. The fourth-order valence-electron chi connectivity index (χ4n) is 2.48. The number of carbonyl (C=O) groups excluding carboxylic acids is 1. The van der Waals surface area contributed by atoms with E-state index in [1.165, 1.54) is 11.0 Å². The van der Waals surface area contributed by atoms with Crippen LogP contribution in [0.2, 0.25) is 5.02 Å². The number of hydrogen-bond donors (Lipinski definition) is 2. The lowest BCUT2D eigenvalue weighted by molar-refractivity contribution is -0.384. The number of hydrogen-bond acceptors (Lipinski definition) is 6. The van der Waals surface area contributed by atoms with Gasteiger partial charge in [0.2, 0.25) is 15.9 Å². The summed E-state index contributed by atoms with van der Waals surface area (Å²) in [7, 11) is -2.41. The minimum atomic E-state index is -4.06. The zero-order valence-electron chi connectivity index (χ0n) is 15.0. The molecule has 0 aromatic heterocycles. The summed E-state index contributed by atoms with van der Waals surface area (Å²) in [6.07, 6.45) is 0.0885. The van der Waals surface area contributed by atoms with E-state index in [-0.39, 0.29) is 29.5 Å². The number of benzene rings is 2. The van der Waals surface area contributed by atoms with Gasteiger partial charge in [-0.05, 0) is 29.8 Å². The van der Waals surface area contributed by atoms with E-state index < -0.39 is 20.6 Å². The number of nitro benzene ring substituents is 1. The largest absolute Gasteiger partial charge is 0.379 e. The predicted molar refractivity (Wildman–Crippen MR) is 106 cm³/mol. The Morgan fingerprint density at radius 3 is 2.61 bits per heavy atom. The molecule has 11 heteroatoms. The van der Waals surface area contributed by atoms with E-state index in [9.17, 15) is 23.3 Å². The van der Waals surface area contributed by atoms with Gasteiger partial charge in [0.05, 0.1) is 9.82 Å². The first kappa shape index (κ1) is 21.6. The molecule has 1 amide bonds. The predicted octanol–water partition coefficient (Wildman–Crippen LogP) is 2.36. The third-order valence-electron chi connectivity index (χ3n) is 3.88. The van der Waals surface area contributed by atoms with Gasteiger partial charge in [-0.15, -0.1) is 0 Å². The summed E-state index contributed by atoms with van der Waals surface area (Å²) in [5, 5.41) is 19.5. The molecular weight excluding hydrogens is 408 g/mol. The summed E-state index contributed by atoms with van der Waals surface area (Å²) in [5.41, 5.74) is 0.541. The van der Waals surface area contributed by atoms with Crippen LogP contribution in [-0.2, 0) is 21.4 Å². The molecule has 2 aromatic carbocycles. The normalized spacial score (nSPS) is 11.1. The molecule has 0 saturated heterocycles. The van der Waals surface area contributed by atoms with Crippen molar-refractivity contribution in [2.24, 2.45) is 5.14 Å². The standard InChI is InChI=1S/C17H19ClN4O5S/c1-21(11-12-3-2-4-13(18)9-12)17(23)7-8-20-15-6-5-14(28(19,26)27)10-16(15)22(24)25/h2-6,9-10,20H,7-8,11H2,1H3,(H2,19,26,27). The fraction of sp³-hybridized carbons (Fsp3) is 0.235. The van der Waals surface area contributed by atoms with Gasteiger partial charge in [0.1, 0.15) is 5.69 Å². The smallest absolute Gasteiger partial charge is 0.293 e. The molecule has 0 spiro atoms. The van der Waals surface area contributed by atoms with Crippen LogP contribution in [0.5, 0.6) is 0 Å². The van der Waals surface area contributed by atoms with Crippen LogP contribution in [0.4, 0.5) is 11.4 Å². The lowest BCUT2D eigenvalue weighted by atomic mass is 10.2. The Labute approximate surface area is 167 Å². The number of nitrogens with one attached hydrogen (secondary N) is 1. The molecule has 0 bridgehead atoms. The molecule has 0 saturated carbocycles. The summed E-state index contributed by atoms with van der Waals surface area (Å²) < 4.78 is 22.7. The van der Waals surface area contributed by atoms with Crippen molar-refractivity contribution in [3.05, 3.63) is 63.2 Å². The number of nitrogens with two attached hydrogens (primary N) is 1. The summed E-state index contributed by atoms with van der Waals surface area (Å²) >= 11 is 5.92. The Balaban J connectivity index is 1.98. The number of nitrogens with zero attached hydrogens (tertiary/aromatic N) is 2. The van der Waals surface area contributed by atoms with Crippen LogP contribution >= 0.6 is 11.6 Å². The number of anilines is 1. The molecule has 0 heterocycles. The van der Waals surface area contributed by atoms with Gasteiger partial charge in [-0.3, -0.25) is 14.9 Å². The van der Waals surface area contributed by atoms with E-state index in [4.69, 9.17) is 16.7 Å². The van der Waals surface area contributed by atoms with Crippen molar-refractivity contribution in [2.45, 2.75) is 17.9 Å². The summed E-state index contributed by atoms with van der Waals surface area (Å²) in [6.45, 7) is 0.511.